The van der Waals surface area contributed by atoms with Crippen LogP contribution >= 0.6 is 0 Å². The van der Waals surface area contributed by atoms with Gasteiger partial charge >= 0.3 is 0 Å². The summed E-state index contributed by atoms with van der Waals surface area (Å²) in [6.45, 7) is 4.86. The maximum absolute atomic E-state index is 6.05. The fourth-order valence-corrected chi connectivity index (χ4v) is 2.38. The van der Waals surface area contributed by atoms with Crippen LogP contribution in [0.2, 0.25) is 0 Å². The van der Waals surface area contributed by atoms with Gasteiger partial charge in [-0.25, -0.2) is 4.98 Å². The van der Waals surface area contributed by atoms with Crippen LogP contribution in [0.15, 0.2) is 36.7 Å². The van der Waals surface area contributed by atoms with Gasteiger partial charge in [0.1, 0.15) is 0 Å². The van der Waals surface area contributed by atoms with Crippen molar-refractivity contribution in [3.05, 3.63) is 53.3 Å². The number of benzene rings is 1. The van der Waals surface area contributed by atoms with Crippen LogP contribution in [0.3, 0.4) is 0 Å². The average Bonchev–Trinajstić information content (AvgIpc) is 2.70. The number of anilines is 1. The number of aryl methyl sites for hydroxylation is 2. The second kappa shape index (κ2) is 4.39. The van der Waals surface area contributed by atoms with E-state index in [1.165, 1.54) is 11.1 Å². The van der Waals surface area contributed by atoms with E-state index in [0.717, 1.165) is 16.6 Å². The lowest BCUT2D eigenvalue weighted by molar-refractivity contribution is 0.824. The summed E-state index contributed by atoms with van der Waals surface area (Å²) >= 11 is 0. The predicted molar refractivity (Wildman–Crippen MR) is 77.0 cm³/mol. The molecule has 0 bridgehead atoms. The molecule has 2 N–H and O–H groups in total. The highest BCUT2D eigenvalue weighted by molar-refractivity contribution is 5.81. The number of pyridine rings is 1. The van der Waals surface area contributed by atoms with Gasteiger partial charge < -0.3 is 10.3 Å². The van der Waals surface area contributed by atoms with E-state index in [1.54, 1.807) is 6.20 Å². The molecule has 0 amide bonds. The van der Waals surface area contributed by atoms with Gasteiger partial charge in [-0.1, -0.05) is 12.1 Å². The third-order valence-corrected chi connectivity index (χ3v) is 3.47. The minimum atomic E-state index is 0.549. The number of fused-ring (bicyclic) bond motifs is 1. The van der Waals surface area contributed by atoms with Gasteiger partial charge in [-0.3, -0.25) is 4.98 Å². The summed E-state index contributed by atoms with van der Waals surface area (Å²) < 4.78 is 2.05. The Morgan fingerprint density at radius 2 is 2.00 bits per heavy atom. The van der Waals surface area contributed by atoms with Gasteiger partial charge in [0.25, 0.3) is 0 Å². The van der Waals surface area contributed by atoms with Gasteiger partial charge in [0.05, 0.1) is 17.6 Å². The number of imidazole rings is 1. The van der Waals surface area contributed by atoms with E-state index in [1.807, 2.05) is 24.4 Å². The van der Waals surface area contributed by atoms with E-state index < -0.39 is 0 Å². The predicted octanol–water partition coefficient (Wildman–Crippen LogP) is 2.68. The second-order valence-corrected chi connectivity index (χ2v) is 4.80. The zero-order valence-corrected chi connectivity index (χ0v) is 11.1. The first kappa shape index (κ1) is 11.7. The summed E-state index contributed by atoms with van der Waals surface area (Å²) in [6, 6.07) is 8.09. The van der Waals surface area contributed by atoms with E-state index in [2.05, 4.69) is 34.4 Å². The molecule has 96 valence electrons. The quantitative estimate of drug-likeness (QED) is 0.763. The first-order valence-electron chi connectivity index (χ1n) is 6.27. The molecule has 0 saturated heterocycles. The minimum Gasteiger partial charge on any atom is -0.369 e. The highest BCUT2D eigenvalue weighted by atomic mass is 15.2. The summed E-state index contributed by atoms with van der Waals surface area (Å²) in [5.41, 5.74) is 11.7. The molecular weight excluding hydrogens is 236 g/mol. The van der Waals surface area contributed by atoms with Crippen molar-refractivity contribution < 1.29 is 0 Å². The Morgan fingerprint density at radius 3 is 2.79 bits per heavy atom. The molecule has 3 rings (SSSR count). The van der Waals surface area contributed by atoms with E-state index in [9.17, 15) is 0 Å². The molecular formula is C15H16N4. The lowest BCUT2D eigenvalue weighted by Gasteiger charge is -2.10. The normalized spacial score (nSPS) is 11.1. The Kier molecular flexibility index (Phi) is 2.71. The lowest BCUT2D eigenvalue weighted by atomic mass is 10.1. The molecule has 0 atom stereocenters. The highest BCUT2D eigenvalue weighted by Crippen LogP contribution is 2.23. The molecule has 4 nitrogen and oxygen atoms in total. The van der Waals surface area contributed by atoms with Crippen LogP contribution in [0.1, 0.15) is 16.7 Å². The highest BCUT2D eigenvalue weighted by Gasteiger charge is 2.11. The average molecular weight is 252 g/mol. The van der Waals surface area contributed by atoms with E-state index in [-0.39, 0.29) is 0 Å². The van der Waals surface area contributed by atoms with Crippen LogP contribution in [-0.2, 0) is 6.54 Å². The largest absolute Gasteiger partial charge is 0.369 e. The molecule has 0 fully saturated rings. The first-order chi connectivity index (χ1) is 9.16. The van der Waals surface area contributed by atoms with Crippen LogP contribution < -0.4 is 5.73 Å². The van der Waals surface area contributed by atoms with Crippen LogP contribution in [-0.4, -0.2) is 14.5 Å². The molecule has 2 aromatic heterocycles. The number of nitrogens with two attached hydrogens (primary N) is 1. The van der Waals surface area contributed by atoms with E-state index >= 15 is 0 Å². The molecule has 0 aliphatic carbocycles. The van der Waals surface area contributed by atoms with Crippen LogP contribution in [0.25, 0.3) is 11.0 Å². The fraction of sp³-hybridized carbons (Fsp3) is 0.200. The number of nitrogens with zero attached hydrogens (tertiary/aromatic N) is 3. The summed E-state index contributed by atoms with van der Waals surface area (Å²) in [4.78, 5) is 8.60. The Morgan fingerprint density at radius 1 is 1.16 bits per heavy atom. The van der Waals surface area contributed by atoms with E-state index in [0.29, 0.717) is 12.5 Å². The standard InChI is InChI=1S/C15H16N4/c1-10-6-7-17-8-12(10)9-19-14-11(2)4-3-5-13(14)18-15(19)16/h3-8H,9H2,1-2H3,(H2,16,18). The molecule has 19 heavy (non-hydrogen) atoms. The fourth-order valence-electron chi connectivity index (χ4n) is 2.38. The first-order valence-corrected chi connectivity index (χ1v) is 6.27. The summed E-state index contributed by atoms with van der Waals surface area (Å²) in [6.07, 6.45) is 3.69. The molecule has 2 heterocycles. The van der Waals surface area contributed by atoms with Crippen molar-refractivity contribution in [3.63, 3.8) is 0 Å². The van der Waals surface area contributed by atoms with Gasteiger partial charge in [0, 0.05) is 12.4 Å². The number of hydrogen-bond donors (Lipinski definition) is 1. The molecule has 3 aromatic rings. The maximum atomic E-state index is 6.05. The molecule has 0 aliphatic heterocycles. The smallest absolute Gasteiger partial charge is 0.201 e. The monoisotopic (exact) mass is 252 g/mol. The van der Waals surface area contributed by atoms with Crippen molar-refractivity contribution in [1.29, 1.82) is 0 Å². The Bertz CT molecular complexity index is 743. The number of rotatable bonds is 2. The molecule has 0 saturated carbocycles. The van der Waals surface area contributed by atoms with Gasteiger partial charge in [-0.2, -0.15) is 0 Å². The summed E-state index contributed by atoms with van der Waals surface area (Å²) in [5, 5.41) is 0. The topological polar surface area (TPSA) is 56.7 Å². The van der Waals surface area contributed by atoms with Gasteiger partial charge in [-0.15, -0.1) is 0 Å². The number of nitrogen functional groups attached to an aromatic ring is 1. The van der Waals surface area contributed by atoms with Crippen molar-refractivity contribution in [2.75, 3.05) is 5.73 Å². The third kappa shape index (κ3) is 1.95. The summed E-state index contributed by atoms with van der Waals surface area (Å²) in [7, 11) is 0. The number of hydrogen-bond acceptors (Lipinski definition) is 3. The molecule has 1 aromatic carbocycles. The zero-order valence-electron chi connectivity index (χ0n) is 11.1. The van der Waals surface area contributed by atoms with E-state index in [4.69, 9.17) is 5.73 Å². The minimum absolute atomic E-state index is 0.549. The maximum Gasteiger partial charge on any atom is 0.201 e. The van der Waals surface area contributed by atoms with Crippen molar-refractivity contribution in [1.82, 2.24) is 14.5 Å². The molecule has 4 heteroatoms. The van der Waals surface area contributed by atoms with Crippen molar-refractivity contribution in [2.24, 2.45) is 0 Å². The van der Waals surface area contributed by atoms with Gasteiger partial charge in [0.2, 0.25) is 5.95 Å². The zero-order chi connectivity index (χ0) is 13.4. The Labute approximate surface area is 111 Å². The van der Waals surface area contributed by atoms with Gasteiger partial charge in [0.15, 0.2) is 0 Å². The lowest BCUT2D eigenvalue weighted by Crippen LogP contribution is -2.06. The van der Waals surface area contributed by atoms with Crippen LogP contribution in [0, 0.1) is 13.8 Å². The SMILES string of the molecule is Cc1ccncc1Cn1c(N)nc2cccc(C)c21. The van der Waals surface area contributed by atoms with Crippen molar-refractivity contribution >= 4 is 17.0 Å². The molecule has 0 unspecified atom stereocenters. The number of aromatic nitrogens is 3. The Hall–Kier alpha value is -2.36. The van der Waals surface area contributed by atoms with Crippen molar-refractivity contribution in [3.8, 4) is 0 Å². The Balaban J connectivity index is 2.16. The molecule has 0 aliphatic rings. The third-order valence-electron chi connectivity index (χ3n) is 3.47. The van der Waals surface area contributed by atoms with Crippen LogP contribution in [0.4, 0.5) is 5.95 Å². The number of para-hydroxylation sites is 1. The second-order valence-electron chi connectivity index (χ2n) is 4.80. The van der Waals surface area contributed by atoms with Crippen molar-refractivity contribution in [2.45, 2.75) is 20.4 Å². The van der Waals surface area contributed by atoms with Gasteiger partial charge in [-0.05, 0) is 42.7 Å². The molecule has 0 spiro atoms. The summed E-state index contributed by atoms with van der Waals surface area (Å²) in [5.74, 6) is 0.549. The van der Waals surface area contributed by atoms with Crippen LogP contribution in [0.5, 0.6) is 0 Å². The molecule has 0 radical (unpaired) electrons.